The number of fused-ring (bicyclic) bond motifs is 4. The molecule has 2 aliphatic carbocycles. The van der Waals surface area contributed by atoms with Crippen molar-refractivity contribution < 1.29 is 9.59 Å². The van der Waals surface area contributed by atoms with Crippen LogP contribution in [0.4, 0.5) is 0 Å². The van der Waals surface area contributed by atoms with Gasteiger partial charge in [-0.3, -0.25) is 14.4 Å². The van der Waals surface area contributed by atoms with Crippen molar-refractivity contribution >= 4 is 43.1 Å². The molecule has 3 aromatic rings. The van der Waals surface area contributed by atoms with Crippen molar-refractivity contribution in [1.29, 1.82) is 0 Å². The quantitative estimate of drug-likeness (QED) is 0.409. The van der Waals surface area contributed by atoms with Gasteiger partial charge < -0.3 is 0 Å². The molecule has 2 fully saturated rings. The zero-order valence-corrected chi connectivity index (χ0v) is 16.6. The monoisotopic (exact) mass is 378 g/mol. The first-order valence-corrected chi connectivity index (χ1v) is 10.1. The van der Waals surface area contributed by atoms with E-state index >= 15 is 0 Å². The number of Topliss-reactive ketones (excluding diaryl/α,β-unsaturated/α-hetero) is 2. The van der Waals surface area contributed by atoms with E-state index < -0.39 is 0 Å². The van der Waals surface area contributed by atoms with E-state index in [1.54, 1.807) is 11.3 Å². The Balaban J connectivity index is 0.000000137. The van der Waals surface area contributed by atoms with Crippen LogP contribution < -0.4 is 5.43 Å². The lowest BCUT2D eigenvalue weighted by atomic mass is 9.70. The second kappa shape index (κ2) is 6.10. The topological polar surface area (TPSA) is 51.2 Å². The zero-order chi connectivity index (χ0) is 19.4. The first kappa shape index (κ1) is 18.1. The van der Waals surface area contributed by atoms with Crippen LogP contribution in [-0.2, 0) is 9.59 Å². The molecule has 2 aliphatic rings. The molecule has 2 saturated carbocycles. The Kier molecular flexibility index (Phi) is 4.08. The maximum absolute atomic E-state index is 12.1. The van der Waals surface area contributed by atoms with Gasteiger partial charge in [-0.15, -0.1) is 11.3 Å². The van der Waals surface area contributed by atoms with Crippen molar-refractivity contribution in [2.45, 2.75) is 33.6 Å². The standard InChI is InChI=1S/C13H8OS.C10H14O2/c14-13-9-5-1-3-7-11(9)15-12-8-4-2-6-10(12)13;1-9(2)6-4-5-10(9,3)8(12)7(6)11/h1-8H;6H,4-5H2,1-3H3. The summed E-state index contributed by atoms with van der Waals surface area (Å²) in [4.78, 5) is 35.1. The summed E-state index contributed by atoms with van der Waals surface area (Å²) in [6.45, 7) is 6.04. The molecule has 2 aromatic carbocycles. The molecule has 5 rings (SSSR count). The first-order valence-electron chi connectivity index (χ1n) is 9.26. The van der Waals surface area contributed by atoms with Gasteiger partial charge in [0, 0.05) is 31.5 Å². The minimum absolute atomic E-state index is 0.00926. The van der Waals surface area contributed by atoms with Gasteiger partial charge in [0.25, 0.3) is 0 Å². The first-order chi connectivity index (χ1) is 12.8. The van der Waals surface area contributed by atoms with E-state index in [0.29, 0.717) is 0 Å². The minimum Gasteiger partial charge on any atom is -0.291 e. The molecule has 2 bridgehead atoms. The molecule has 1 heterocycles. The fourth-order valence-electron chi connectivity index (χ4n) is 4.55. The van der Waals surface area contributed by atoms with Crippen LogP contribution in [-0.4, -0.2) is 11.6 Å². The summed E-state index contributed by atoms with van der Waals surface area (Å²) in [5.41, 5.74) is -0.310. The Morgan fingerprint density at radius 1 is 0.852 bits per heavy atom. The van der Waals surface area contributed by atoms with Crippen LogP contribution in [0.1, 0.15) is 33.6 Å². The van der Waals surface area contributed by atoms with Crippen LogP contribution in [0.25, 0.3) is 20.2 Å². The molecule has 0 amide bonds. The van der Waals surface area contributed by atoms with Gasteiger partial charge in [-0.25, -0.2) is 0 Å². The summed E-state index contributed by atoms with van der Waals surface area (Å²) in [6, 6.07) is 15.5. The van der Waals surface area contributed by atoms with Crippen LogP contribution in [0.15, 0.2) is 53.3 Å². The number of carbonyl (C=O) groups excluding carboxylic acids is 2. The van der Waals surface area contributed by atoms with Gasteiger partial charge in [-0.05, 0) is 42.5 Å². The van der Waals surface area contributed by atoms with E-state index in [1.165, 1.54) is 0 Å². The van der Waals surface area contributed by atoms with Gasteiger partial charge in [0.1, 0.15) is 0 Å². The van der Waals surface area contributed by atoms with Crippen molar-refractivity contribution in [2.24, 2.45) is 16.7 Å². The smallest absolute Gasteiger partial charge is 0.205 e. The molecule has 0 spiro atoms. The molecular weight excluding hydrogens is 356 g/mol. The summed E-state index contributed by atoms with van der Waals surface area (Å²) >= 11 is 1.67. The van der Waals surface area contributed by atoms with Crippen molar-refractivity contribution in [3.05, 3.63) is 58.8 Å². The van der Waals surface area contributed by atoms with E-state index in [1.807, 2.05) is 69.3 Å². The van der Waals surface area contributed by atoms with Gasteiger partial charge >= 0.3 is 0 Å². The third-order valence-electron chi connectivity index (χ3n) is 6.75. The summed E-state index contributed by atoms with van der Waals surface area (Å²) in [5.74, 6) is -0.229. The highest BCUT2D eigenvalue weighted by Crippen LogP contribution is 2.61. The van der Waals surface area contributed by atoms with Gasteiger partial charge in [0.05, 0.1) is 0 Å². The van der Waals surface area contributed by atoms with Crippen molar-refractivity contribution in [1.82, 2.24) is 0 Å². The van der Waals surface area contributed by atoms with Crippen LogP contribution in [0, 0.1) is 16.7 Å². The maximum Gasteiger partial charge on any atom is 0.205 e. The molecular formula is C23H22O3S. The van der Waals surface area contributed by atoms with Gasteiger partial charge in [0.2, 0.25) is 11.6 Å². The average molecular weight is 378 g/mol. The number of carbonyl (C=O) groups is 2. The molecule has 27 heavy (non-hydrogen) atoms. The number of hydrogen-bond acceptors (Lipinski definition) is 4. The SMILES string of the molecule is CC12CCC(C(=O)C1=O)C2(C)C.O=c1c2ccccc2sc2ccccc12. The van der Waals surface area contributed by atoms with Crippen molar-refractivity contribution in [3.63, 3.8) is 0 Å². The van der Waals surface area contributed by atoms with Crippen molar-refractivity contribution in [2.75, 3.05) is 0 Å². The van der Waals surface area contributed by atoms with Gasteiger partial charge in [-0.1, -0.05) is 45.0 Å². The molecule has 1 aromatic heterocycles. The molecule has 0 aliphatic heterocycles. The number of ketones is 2. The Labute approximate surface area is 162 Å². The Morgan fingerprint density at radius 2 is 1.37 bits per heavy atom. The minimum atomic E-state index is -0.352. The van der Waals surface area contributed by atoms with E-state index in [4.69, 9.17) is 0 Å². The van der Waals surface area contributed by atoms with E-state index in [9.17, 15) is 14.4 Å². The summed E-state index contributed by atoms with van der Waals surface area (Å²) in [5, 5.41) is 1.64. The number of benzene rings is 2. The third kappa shape index (κ3) is 2.50. The van der Waals surface area contributed by atoms with E-state index in [2.05, 4.69) is 0 Å². The lowest BCUT2D eigenvalue weighted by molar-refractivity contribution is -0.141. The lowest BCUT2D eigenvalue weighted by Gasteiger charge is -2.31. The normalized spacial score (nSPS) is 25.7. The molecule has 0 saturated heterocycles. The van der Waals surface area contributed by atoms with Crippen LogP contribution >= 0.6 is 11.3 Å². The summed E-state index contributed by atoms with van der Waals surface area (Å²) < 4.78 is 2.11. The lowest BCUT2D eigenvalue weighted by Crippen LogP contribution is -2.33. The molecule has 4 heteroatoms. The second-order valence-corrected chi connectivity index (χ2v) is 9.35. The number of hydrogen-bond donors (Lipinski definition) is 0. The molecule has 2 atom stereocenters. The largest absolute Gasteiger partial charge is 0.291 e. The van der Waals surface area contributed by atoms with E-state index in [0.717, 1.165) is 33.0 Å². The Hall–Kier alpha value is -2.33. The zero-order valence-electron chi connectivity index (χ0n) is 15.7. The molecule has 2 unspecified atom stereocenters. The summed E-state index contributed by atoms with van der Waals surface area (Å²) in [7, 11) is 0. The summed E-state index contributed by atoms with van der Waals surface area (Å²) in [6.07, 6.45) is 1.81. The highest BCUT2D eigenvalue weighted by molar-refractivity contribution is 7.24. The fraction of sp³-hybridized carbons (Fsp3) is 0.348. The molecule has 0 N–H and O–H groups in total. The second-order valence-electron chi connectivity index (χ2n) is 8.26. The Bertz CT molecular complexity index is 1080. The van der Waals surface area contributed by atoms with Gasteiger partial charge in [-0.2, -0.15) is 0 Å². The van der Waals surface area contributed by atoms with Crippen LogP contribution in [0.3, 0.4) is 0 Å². The maximum atomic E-state index is 12.1. The molecule has 3 nitrogen and oxygen atoms in total. The predicted molar refractivity (Wildman–Crippen MR) is 110 cm³/mol. The van der Waals surface area contributed by atoms with Crippen molar-refractivity contribution in [3.8, 4) is 0 Å². The van der Waals surface area contributed by atoms with E-state index in [-0.39, 0.29) is 33.7 Å². The molecule has 0 radical (unpaired) electrons. The average Bonchev–Trinajstić information content (AvgIpc) is 2.97. The molecule has 138 valence electrons. The highest BCUT2D eigenvalue weighted by atomic mass is 32.1. The van der Waals surface area contributed by atoms with Crippen LogP contribution in [0.2, 0.25) is 0 Å². The predicted octanol–water partition coefficient (Wildman–Crippen LogP) is 5.00. The van der Waals surface area contributed by atoms with Gasteiger partial charge in [0.15, 0.2) is 5.43 Å². The third-order valence-corrected chi connectivity index (χ3v) is 7.90. The van der Waals surface area contributed by atoms with Crippen LogP contribution in [0.5, 0.6) is 0 Å². The Morgan fingerprint density at radius 3 is 1.78 bits per heavy atom. The highest BCUT2D eigenvalue weighted by Gasteiger charge is 2.66. The fourth-order valence-corrected chi connectivity index (χ4v) is 5.62. The number of rotatable bonds is 0.